The van der Waals surface area contributed by atoms with Crippen LogP contribution in [0.25, 0.3) is 0 Å². The summed E-state index contributed by atoms with van der Waals surface area (Å²) in [6.45, 7) is 6.03. The van der Waals surface area contributed by atoms with Gasteiger partial charge in [-0.25, -0.2) is 0 Å². The van der Waals surface area contributed by atoms with Crippen molar-refractivity contribution in [2.45, 2.75) is 49.8 Å². The monoisotopic (exact) mass is 424 g/mol. The Morgan fingerprint density at radius 3 is 1.83 bits per heavy atom. The summed E-state index contributed by atoms with van der Waals surface area (Å²) in [5.74, 6) is -0.405. The van der Waals surface area contributed by atoms with Crippen molar-refractivity contribution in [1.29, 1.82) is 0 Å². The Bertz CT molecular complexity index is 1090. The van der Waals surface area contributed by atoms with Crippen LogP contribution in [0.3, 0.4) is 0 Å². The zero-order valence-corrected chi connectivity index (χ0v) is 18.3. The van der Waals surface area contributed by atoms with Crippen molar-refractivity contribution in [3.05, 3.63) is 95.1 Å². The van der Waals surface area contributed by atoms with Gasteiger partial charge < -0.3 is 5.11 Å². The zero-order chi connectivity index (χ0) is 21.9. The molecular weight excluding hydrogens is 396 g/mol. The van der Waals surface area contributed by atoms with Gasteiger partial charge in [0.2, 0.25) is 0 Å². The average molecular weight is 425 g/mol. The molecule has 0 saturated heterocycles. The Hall–Kier alpha value is -2.63. The van der Waals surface area contributed by atoms with Crippen LogP contribution in [0.5, 0.6) is 5.75 Å². The van der Waals surface area contributed by atoms with Crippen molar-refractivity contribution in [1.82, 2.24) is 0 Å². The van der Waals surface area contributed by atoms with Gasteiger partial charge in [-0.15, -0.1) is 0 Å². The van der Waals surface area contributed by atoms with Gasteiger partial charge in [0.05, 0.1) is 0 Å². The van der Waals surface area contributed by atoms with Crippen LogP contribution >= 0.6 is 0 Å². The van der Waals surface area contributed by atoms with Gasteiger partial charge in [0.25, 0.3) is 10.1 Å². The maximum atomic E-state index is 12.0. The third-order valence-electron chi connectivity index (χ3n) is 5.61. The summed E-state index contributed by atoms with van der Waals surface area (Å²) in [4.78, 5) is -0.433. The first-order valence-corrected chi connectivity index (χ1v) is 11.6. The van der Waals surface area contributed by atoms with Gasteiger partial charge in [0.15, 0.2) is 0 Å². The molecule has 0 heterocycles. The molecule has 0 aliphatic carbocycles. The van der Waals surface area contributed by atoms with Crippen LogP contribution in [-0.4, -0.2) is 18.1 Å². The molecule has 0 aliphatic heterocycles. The Labute approximate surface area is 179 Å². The predicted octanol–water partition coefficient (Wildman–Crippen LogP) is 6.09. The lowest BCUT2D eigenvalue weighted by Gasteiger charge is -2.25. The third kappa shape index (κ3) is 4.91. The molecule has 4 nitrogen and oxygen atoms in total. The molecule has 0 fully saturated rings. The van der Waals surface area contributed by atoms with E-state index in [-0.39, 0.29) is 23.5 Å². The van der Waals surface area contributed by atoms with Crippen molar-refractivity contribution in [3.8, 4) is 5.75 Å². The number of aromatic hydroxyl groups is 1. The van der Waals surface area contributed by atoms with Crippen molar-refractivity contribution < 1.29 is 18.1 Å². The van der Waals surface area contributed by atoms with E-state index in [2.05, 4.69) is 19.1 Å². The van der Waals surface area contributed by atoms with E-state index in [0.717, 1.165) is 11.1 Å². The highest BCUT2D eigenvalue weighted by Gasteiger charge is 2.27. The number of phenolic OH excluding ortho intramolecular Hbond substituents is 1. The molecule has 0 radical (unpaired) electrons. The van der Waals surface area contributed by atoms with Crippen molar-refractivity contribution in [2.24, 2.45) is 0 Å². The zero-order valence-electron chi connectivity index (χ0n) is 17.5. The first-order valence-electron chi connectivity index (χ1n) is 10.1. The Kier molecular flexibility index (Phi) is 6.64. The molecular formula is C25H28O4S. The van der Waals surface area contributed by atoms with Crippen LogP contribution in [0.4, 0.5) is 0 Å². The van der Waals surface area contributed by atoms with Crippen LogP contribution in [-0.2, 0) is 10.1 Å². The van der Waals surface area contributed by atoms with Gasteiger partial charge in [-0.3, -0.25) is 4.55 Å². The lowest BCUT2D eigenvalue weighted by molar-refractivity contribution is 0.432. The van der Waals surface area contributed by atoms with Crippen LogP contribution in [0.1, 0.15) is 67.2 Å². The summed E-state index contributed by atoms with van der Waals surface area (Å²) < 4.78 is 33.7. The quantitative estimate of drug-likeness (QED) is 0.450. The molecule has 0 aliphatic rings. The highest BCUT2D eigenvalue weighted by atomic mass is 32.2. The minimum absolute atomic E-state index is 0.0350. The van der Waals surface area contributed by atoms with E-state index in [1.165, 1.54) is 11.6 Å². The highest BCUT2D eigenvalue weighted by molar-refractivity contribution is 7.86. The van der Waals surface area contributed by atoms with E-state index in [4.69, 9.17) is 0 Å². The molecule has 0 saturated carbocycles. The fourth-order valence-corrected chi connectivity index (χ4v) is 4.49. The minimum atomic E-state index is -4.56. The van der Waals surface area contributed by atoms with Gasteiger partial charge in [-0.05, 0) is 41.0 Å². The maximum Gasteiger partial charge on any atom is 0.298 e. The molecule has 0 amide bonds. The molecule has 2 unspecified atom stereocenters. The van der Waals surface area contributed by atoms with Gasteiger partial charge in [0.1, 0.15) is 10.6 Å². The molecule has 158 valence electrons. The van der Waals surface area contributed by atoms with Crippen LogP contribution in [0.15, 0.2) is 77.7 Å². The second-order valence-electron chi connectivity index (χ2n) is 8.10. The lowest BCUT2D eigenvalue weighted by atomic mass is 9.80. The van der Waals surface area contributed by atoms with Crippen molar-refractivity contribution in [2.75, 3.05) is 0 Å². The van der Waals surface area contributed by atoms with E-state index in [1.54, 1.807) is 0 Å². The van der Waals surface area contributed by atoms with Crippen molar-refractivity contribution in [3.63, 3.8) is 0 Å². The summed E-state index contributed by atoms with van der Waals surface area (Å²) in [6, 6.07) is 23.1. The molecule has 3 rings (SSSR count). The number of hydrogen-bond acceptors (Lipinski definition) is 3. The van der Waals surface area contributed by atoms with Crippen LogP contribution < -0.4 is 0 Å². The van der Waals surface area contributed by atoms with Crippen LogP contribution in [0.2, 0.25) is 0 Å². The number of phenols is 1. The molecule has 3 aromatic rings. The second kappa shape index (κ2) is 9.02. The first-order chi connectivity index (χ1) is 14.2. The normalized spacial score (nSPS) is 13.9. The summed E-state index contributed by atoms with van der Waals surface area (Å²) in [7, 11) is -4.56. The molecule has 0 spiro atoms. The van der Waals surface area contributed by atoms with Gasteiger partial charge in [-0.2, -0.15) is 8.42 Å². The maximum absolute atomic E-state index is 12.0. The summed E-state index contributed by atoms with van der Waals surface area (Å²) in [5, 5.41) is 10.9. The molecule has 2 N–H and O–H groups in total. The molecule has 2 atom stereocenters. The standard InChI is InChI=1S/C25H28O4S/c1-17(2)21-15-23(25(26)24(16-21)30(27,28)29)22(20-12-8-5-9-13-20)14-18(3)19-10-6-4-7-11-19/h4-13,15-18,22,26H,14H2,1-3H3,(H,27,28,29). The Morgan fingerprint density at radius 1 is 0.800 bits per heavy atom. The fourth-order valence-electron chi connectivity index (χ4n) is 3.85. The average Bonchev–Trinajstić information content (AvgIpc) is 2.72. The van der Waals surface area contributed by atoms with E-state index in [0.29, 0.717) is 12.0 Å². The molecule has 30 heavy (non-hydrogen) atoms. The molecule has 5 heteroatoms. The van der Waals surface area contributed by atoms with Gasteiger partial charge in [0, 0.05) is 11.5 Å². The first kappa shape index (κ1) is 22.1. The molecule has 0 bridgehead atoms. The number of hydrogen-bond donors (Lipinski definition) is 2. The number of benzene rings is 3. The Balaban J connectivity index is 2.17. The molecule has 0 aromatic heterocycles. The Morgan fingerprint density at radius 2 is 1.33 bits per heavy atom. The SMILES string of the molecule is CC(C)c1cc(C(CC(C)c2ccccc2)c2ccccc2)c(O)c(S(=O)(=O)O)c1. The van der Waals surface area contributed by atoms with E-state index >= 15 is 0 Å². The van der Waals surface area contributed by atoms with E-state index < -0.39 is 15.0 Å². The topological polar surface area (TPSA) is 74.6 Å². The summed E-state index contributed by atoms with van der Waals surface area (Å²) in [6.07, 6.45) is 0.675. The highest BCUT2D eigenvalue weighted by Crippen LogP contribution is 2.42. The summed E-state index contributed by atoms with van der Waals surface area (Å²) in [5.41, 5.74) is 3.43. The summed E-state index contributed by atoms with van der Waals surface area (Å²) >= 11 is 0. The number of rotatable bonds is 7. The van der Waals surface area contributed by atoms with E-state index in [1.807, 2.05) is 68.4 Å². The lowest BCUT2D eigenvalue weighted by Crippen LogP contribution is -2.10. The van der Waals surface area contributed by atoms with E-state index in [9.17, 15) is 18.1 Å². The molecule has 3 aromatic carbocycles. The fraction of sp³-hybridized carbons (Fsp3) is 0.280. The minimum Gasteiger partial charge on any atom is -0.506 e. The third-order valence-corrected chi connectivity index (χ3v) is 6.47. The van der Waals surface area contributed by atoms with Gasteiger partial charge >= 0.3 is 0 Å². The smallest absolute Gasteiger partial charge is 0.298 e. The largest absolute Gasteiger partial charge is 0.506 e. The van der Waals surface area contributed by atoms with Gasteiger partial charge in [-0.1, -0.05) is 87.5 Å². The van der Waals surface area contributed by atoms with Crippen molar-refractivity contribution >= 4 is 10.1 Å². The van der Waals surface area contributed by atoms with Crippen LogP contribution in [0, 0.1) is 0 Å². The second-order valence-corrected chi connectivity index (χ2v) is 9.49. The predicted molar refractivity (Wildman–Crippen MR) is 120 cm³/mol.